The van der Waals surface area contributed by atoms with Crippen LogP contribution in [0.4, 0.5) is 5.69 Å². The number of carboxylic acid groups (broad SMARTS) is 1. The topological polar surface area (TPSA) is 90.2 Å². The maximum atomic E-state index is 12.3. The summed E-state index contributed by atoms with van der Waals surface area (Å²) in [5.74, 6) is -2.21. The molecule has 0 aromatic heterocycles. The monoisotopic (exact) mass is 306 g/mol. The number of carbonyl (C=O) groups excluding carboxylic acids is 1. The first-order valence-corrected chi connectivity index (χ1v) is 7.03. The minimum Gasteiger partial charge on any atom is -0.481 e. The minimum absolute atomic E-state index is 0.214. The van der Waals surface area contributed by atoms with Crippen LogP contribution < -0.4 is 5.32 Å². The highest BCUT2D eigenvalue weighted by molar-refractivity contribution is 6.32. The van der Waals surface area contributed by atoms with E-state index in [1.165, 1.54) is 12.1 Å². The van der Waals surface area contributed by atoms with Gasteiger partial charge in [0.05, 0.1) is 22.4 Å². The zero-order valence-corrected chi connectivity index (χ0v) is 12.2. The molecule has 0 aliphatic heterocycles. The standard InChI is InChI=1S/C15H15ClN2O3/c1-8-4-11(12(5-8)15(20)21)14(19)18-10-3-2-9(7-17)13(16)6-10/h2-3,6,8,11-12H,4-5H2,1H3,(H,18,19)(H,20,21)/t8?,11-,12+/m0/s1. The van der Waals surface area contributed by atoms with Crippen LogP contribution in [0, 0.1) is 29.1 Å². The molecule has 2 N–H and O–H groups in total. The van der Waals surface area contributed by atoms with E-state index in [9.17, 15) is 14.7 Å². The summed E-state index contributed by atoms with van der Waals surface area (Å²) in [5, 5.41) is 20.9. The van der Waals surface area contributed by atoms with Gasteiger partial charge in [0.25, 0.3) is 0 Å². The molecule has 1 aromatic carbocycles. The summed E-state index contributed by atoms with van der Waals surface area (Å²) in [6.45, 7) is 1.95. The fourth-order valence-corrected chi connectivity index (χ4v) is 3.00. The highest BCUT2D eigenvalue weighted by atomic mass is 35.5. The van der Waals surface area contributed by atoms with E-state index in [2.05, 4.69) is 5.32 Å². The number of aliphatic carboxylic acids is 1. The first-order valence-electron chi connectivity index (χ1n) is 6.65. The molecule has 0 bridgehead atoms. The molecule has 0 saturated heterocycles. The van der Waals surface area contributed by atoms with E-state index in [-0.39, 0.29) is 16.8 Å². The van der Waals surface area contributed by atoms with Crippen LogP contribution in [-0.4, -0.2) is 17.0 Å². The zero-order valence-electron chi connectivity index (χ0n) is 11.5. The number of nitrogens with one attached hydrogen (secondary N) is 1. The van der Waals surface area contributed by atoms with E-state index in [1.54, 1.807) is 6.07 Å². The van der Waals surface area contributed by atoms with Gasteiger partial charge in [-0.05, 0) is 37.0 Å². The molecular weight excluding hydrogens is 292 g/mol. The average Bonchev–Trinajstić information content (AvgIpc) is 2.81. The Labute approximate surface area is 127 Å². The number of carbonyl (C=O) groups is 2. The summed E-state index contributed by atoms with van der Waals surface area (Å²) in [7, 11) is 0. The quantitative estimate of drug-likeness (QED) is 0.898. The fraction of sp³-hybridized carbons (Fsp3) is 0.400. The number of amides is 1. The summed E-state index contributed by atoms with van der Waals surface area (Å²) >= 11 is 5.91. The van der Waals surface area contributed by atoms with Crippen molar-refractivity contribution in [1.29, 1.82) is 5.26 Å². The van der Waals surface area contributed by atoms with Crippen LogP contribution in [-0.2, 0) is 9.59 Å². The number of halogens is 1. The maximum absolute atomic E-state index is 12.3. The van der Waals surface area contributed by atoms with Gasteiger partial charge in [-0.1, -0.05) is 18.5 Å². The highest BCUT2D eigenvalue weighted by Crippen LogP contribution is 2.37. The molecule has 1 fully saturated rings. The molecule has 6 heteroatoms. The molecule has 110 valence electrons. The number of rotatable bonds is 3. The van der Waals surface area contributed by atoms with E-state index in [4.69, 9.17) is 16.9 Å². The highest BCUT2D eigenvalue weighted by Gasteiger charge is 2.41. The third-order valence-corrected chi connectivity index (χ3v) is 4.12. The Hall–Kier alpha value is -2.06. The van der Waals surface area contributed by atoms with Crippen molar-refractivity contribution in [2.24, 2.45) is 17.8 Å². The van der Waals surface area contributed by atoms with Gasteiger partial charge < -0.3 is 10.4 Å². The maximum Gasteiger partial charge on any atom is 0.307 e. The van der Waals surface area contributed by atoms with Crippen LogP contribution in [0.25, 0.3) is 0 Å². The van der Waals surface area contributed by atoms with Crippen molar-refractivity contribution in [2.75, 3.05) is 5.32 Å². The Morgan fingerprint density at radius 2 is 2.05 bits per heavy atom. The second-order valence-corrected chi connectivity index (χ2v) is 5.83. The molecule has 0 spiro atoms. The number of benzene rings is 1. The van der Waals surface area contributed by atoms with Crippen molar-refractivity contribution in [1.82, 2.24) is 0 Å². The molecule has 5 nitrogen and oxygen atoms in total. The third-order valence-electron chi connectivity index (χ3n) is 3.81. The number of hydrogen-bond donors (Lipinski definition) is 2. The minimum atomic E-state index is -0.933. The molecule has 21 heavy (non-hydrogen) atoms. The van der Waals surface area contributed by atoms with Crippen LogP contribution >= 0.6 is 11.6 Å². The lowest BCUT2D eigenvalue weighted by molar-refractivity contribution is -0.145. The second-order valence-electron chi connectivity index (χ2n) is 5.42. The van der Waals surface area contributed by atoms with Crippen LogP contribution in [0.2, 0.25) is 5.02 Å². The predicted octanol–water partition coefficient (Wildman–Crippen LogP) is 2.90. The lowest BCUT2D eigenvalue weighted by Gasteiger charge is -2.15. The number of anilines is 1. The van der Waals surface area contributed by atoms with E-state index in [0.29, 0.717) is 24.1 Å². The molecule has 2 rings (SSSR count). The third kappa shape index (κ3) is 3.34. The summed E-state index contributed by atoms with van der Waals surface area (Å²) in [4.78, 5) is 23.5. The number of nitrogens with zero attached hydrogens (tertiary/aromatic N) is 1. The summed E-state index contributed by atoms with van der Waals surface area (Å²) < 4.78 is 0. The van der Waals surface area contributed by atoms with Gasteiger partial charge in [-0.15, -0.1) is 0 Å². The van der Waals surface area contributed by atoms with Gasteiger partial charge >= 0.3 is 5.97 Å². The average molecular weight is 307 g/mol. The van der Waals surface area contributed by atoms with Crippen molar-refractivity contribution in [3.63, 3.8) is 0 Å². The smallest absolute Gasteiger partial charge is 0.307 e. The fourth-order valence-electron chi connectivity index (χ4n) is 2.77. The Kier molecular flexibility index (Phi) is 4.49. The lowest BCUT2D eigenvalue weighted by atomic mass is 9.95. The van der Waals surface area contributed by atoms with Gasteiger partial charge in [-0.2, -0.15) is 5.26 Å². The van der Waals surface area contributed by atoms with Gasteiger partial charge in [0.15, 0.2) is 0 Å². The largest absolute Gasteiger partial charge is 0.481 e. The van der Waals surface area contributed by atoms with Crippen molar-refractivity contribution in [3.05, 3.63) is 28.8 Å². The van der Waals surface area contributed by atoms with Gasteiger partial charge in [-0.25, -0.2) is 0 Å². The first-order chi connectivity index (χ1) is 9.92. The SMILES string of the molecule is CC1C[C@H](C(=O)Nc2ccc(C#N)c(Cl)c2)[C@H](C(=O)O)C1. The molecule has 1 aromatic rings. The van der Waals surface area contributed by atoms with Crippen LogP contribution in [0.15, 0.2) is 18.2 Å². The Bertz CT molecular complexity index is 624. The Morgan fingerprint density at radius 3 is 2.62 bits per heavy atom. The summed E-state index contributed by atoms with van der Waals surface area (Å²) in [6.07, 6.45) is 1.08. The van der Waals surface area contributed by atoms with Crippen molar-refractivity contribution >= 4 is 29.2 Å². The second kappa shape index (κ2) is 6.15. The number of hydrogen-bond acceptors (Lipinski definition) is 3. The zero-order chi connectivity index (χ0) is 15.6. The molecule has 1 amide bonds. The molecule has 0 radical (unpaired) electrons. The van der Waals surface area contributed by atoms with Crippen molar-refractivity contribution in [3.8, 4) is 6.07 Å². The molecule has 1 aliphatic carbocycles. The van der Waals surface area contributed by atoms with Crippen molar-refractivity contribution < 1.29 is 14.7 Å². The van der Waals surface area contributed by atoms with Gasteiger partial charge in [-0.3, -0.25) is 9.59 Å². The molecule has 1 aliphatic rings. The summed E-state index contributed by atoms with van der Waals surface area (Å²) in [5.41, 5.74) is 0.792. The molecule has 3 atom stereocenters. The molecule has 0 heterocycles. The Morgan fingerprint density at radius 1 is 1.38 bits per heavy atom. The van der Waals surface area contributed by atoms with Gasteiger partial charge in [0.2, 0.25) is 5.91 Å². The van der Waals surface area contributed by atoms with Gasteiger partial charge in [0, 0.05) is 5.69 Å². The first kappa shape index (κ1) is 15.3. The van der Waals surface area contributed by atoms with E-state index >= 15 is 0 Å². The molecular formula is C15H15ClN2O3. The lowest BCUT2D eigenvalue weighted by Crippen LogP contribution is -2.30. The van der Waals surface area contributed by atoms with E-state index in [0.717, 1.165) is 0 Å². The van der Waals surface area contributed by atoms with Crippen LogP contribution in [0.1, 0.15) is 25.3 Å². The van der Waals surface area contributed by atoms with Crippen LogP contribution in [0.3, 0.4) is 0 Å². The summed E-state index contributed by atoms with van der Waals surface area (Å²) in [6, 6.07) is 6.53. The Balaban J connectivity index is 2.12. The normalized spacial score (nSPS) is 24.3. The molecule has 1 saturated carbocycles. The molecule has 1 unspecified atom stereocenters. The number of nitriles is 1. The van der Waals surface area contributed by atoms with Crippen molar-refractivity contribution in [2.45, 2.75) is 19.8 Å². The predicted molar refractivity (Wildman–Crippen MR) is 77.8 cm³/mol. The van der Waals surface area contributed by atoms with Gasteiger partial charge in [0.1, 0.15) is 6.07 Å². The van der Waals surface area contributed by atoms with E-state index < -0.39 is 17.8 Å². The number of carboxylic acids is 1. The van der Waals surface area contributed by atoms with E-state index in [1.807, 2.05) is 13.0 Å². The van der Waals surface area contributed by atoms with Crippen LogP contribution in [0.5, 0.6) is 0 Å².